The molecule has 116 valence electrons. The number of aromatic nitrogens is 2. The van der Waals surface area contributed by atoms with Crippen molar-refractivity contribution in [3.05, 3.63) is 54.1 Å². The van der Waals surface area contributed by atoms with E-state index in [4.69, 9.17) is 10.00 Å². The number of benzene rings is 2. The lowest BCUT2D eigenvalue weighted by molar-refractivity contribution is 0.344. The van der Waals surface area contributed by atoms with Crippen LogP contribution in [0.4, 0.5) is 0 Å². The van der Waals surface area contributed by atoms with Gasteiger partial charge in [0.15, 0.2) is 5.16 Å². The molecule has 0 aliphatic carbocycles. The molecule has 0 aliphatic heterocycles. The van der Waals surface area contributed by atoms with Crippen LogP contribution in [0.15, 0.2) is 53.7 Å². The molecule has 0 radical (unpaired) electrons. The number of nitrogens with zero attached hydrogens (tertiary/aromatic N) is 3. The number of imidazole rings is 1. The Balaban J connectivity index is 1.59. The van der Waals surface area contributed by atoms with E-state index in [9.17, 15) is 0 Å². The first-order chi connectivity index (χ1) is 11.3. The summed E-state index contributed by atoms with van der Waals surface area (Å²) in [6.07, 6.45) is 0. The van der Waals surface area contributed by atoms with E-state index in [0.29, 0.717) is 12.2 Å². The van der Waals surface area contributed by atoms with Crippen LogP contribution >= 0.6 is 11.8 Å². The summed E-state index contributed by atoms with van der Waals surface area (Å²) in [4.78, 5) is 4.69. The van der Waals surface area contributed by atoms with Crippen LogP contribution < -0.4 is 4.74 Å². The minimum absolute atomic E-state index is 0.601. The summed E-state index contributed by atoms with van der Waals surface area (Å²) in [6, 6.07) is 17.5. The van der Waals surface area contributed by atoms with E-state index in [2.05, 4.69) is 28.6 Å². The molecule has 0 unspecified atom stereocenters. The second kappa shape index (κ2) is 7.21. The van der Waals surface area contributed by atoms with Gasteiger partial charge < -0.3 is 9.30 Å². The molecule has 0 saturated heterocycles. The Morgan fingerprint density at radius 1 is 1.17 bits per heavy atom. The lowest BCUT2D eigenvalue weighted by atomic mass is 10.2. The van der Waals surface area contributed by atoms with Crippen LogP contribution in [0.5, 0.6) is 5.75 Å². The molecule has 4 nitrogen and oxygen atoms in total. The van der Waals surface area contributed by atoms with Gasteiger partial charge in [0.2, 0.25) is 0 Å². The van der Waals surface area contributed by atoms with E-state index >= 15 is 0 Å². The normalized spacial score (nSPS) is 10.6. The standard InChI is InChI=1S/C18H17N3OS/c1-2-21-17-6-4-3-5-16(17)20-18(21)23-12-11-22-15-9-7-14(13-19)8-10-15/h3-10H,2,11-12H2,1H3. The molecule has 5 heteroatoms. The van der Waals surface area contributed by atoms with Crippen molar-refractivity contribution in [3.8, 4) is 11.8 Å². The molecule has 3 rings (SSSR count). The Kier molecular flexibility index (Phi) is 4.84. The molecule has 0 saturated carbocycles. The summed E-state index contributed by atoms with van der Waals surface area (Å²) in [7, 11) is 0. The summed E-state index contributed by atoms with van der Waals surface area (Å²) in [5.41, 5.74) is 2.85. The Morgan fingerprint density at radius 3 is 2.70 bits per heavy atom. The molecule has 0 bridgehead atoms. The van der Waals surface area contributed by atoms with Crippen molar-refractivity contribution in [1.29, 1.82) is 5.26 Å². The average molecular weight is 323 g/mol. The Labute approximate surface area is 139 Å². The molecule has 0 spiro atoms. The predicted octanol–water partition coefficient (Wildman–Crippen LogP) is 4.10. The second-order valence-corrected chi connectivity index (χ2v) is 6.02. The van der Waals surface area contributed by atoms with E-state index in [1.54, 1.807) is 23.9 Å². The van der Waals surface area contributed by atoms with Crippen LogP contribution in [0.1, 0.15) is 12.5 Å². The number of fused-ring (bicyclic) bond motifs is 1. The fourth-order valence-electron chi connectivity index (χ4n) is 2.39. The number of nitriles is 1. The molecule has 0 N–H and O–H groups in total. The smallest absolute Gasteiger partial charge is 0.169 e. The quantitative estimate of drug-likeness (QED) is 0.506. The zero-order chi connectivity index (χ0) is 16.1. The van der Waals surface area contributed by atoms with E-state index in [0.717, 1.165) is 28.7 Å². The predicted molar refractivity (Wildman–Crippen MR) is 92.8 cm³/mol. The second-order valence-electron chi connectivity index (χ2n) is 4.96. The highest BCUT2D eigenvalue weighted by Gasteiger charge is 2.09. The van der Waals surface area contributed by atoms with Crippen molar-refractivity contribution in [1.82, 2.24) is 9.55 Å². The molecule has 0 amide bonds. The molecular formula is C18H17N3OS. The van der Waals surface area contributed by atoms with Crippen molar-refractivity contribution >= 4 is 22.8 Å². The van der Waals surface area contributed by atoms with Gasteiger partial charge >= 0.3 is 0 Å². The molecular weight excluding hydrogens is 306 g/mol. The lowest BCUT2D eigenvalue weighted by Gasteiger charge is -2.07. The summed E-state index contributed by atoms with van der Waals surface area (Å²) in [6.45, 7) is 3.63. The minimum Gasteiger partial charge on any atom is -0.493 e. The van der Waals surface area contributed by atoms with E-state index in [-0.39, 0.29) is 0 Å². The molecule has 0 fully saturated rings. The third kappa shape index (κ3) is 3.49. The third-order valence-corrected chi connectivity index (χ3v) is 4.44. The van der Waals surface area contributed by atoms with E-state index in [1.807, 2.05) is 30.3 Å². The van der Waals surface area contributed by atoms with Crippen LogP contribution in [-0.4, -0.2) is 21.9 Å². The van der Waals surface area contributed by atoms with Gasteiger partial charge in [-0.3, -0.25) is 0 Å². The van der Waals surface area contributed by atoms with Gasteiger partial charge in [-0.2, -0.15) is 5.26 Å². The number of para-hydroxylation sites is 2. The highest BCUT2D eigenvalue weighted by Crippen LogP contribution is 2.24. The van der Waals surface area contributed by atoms with Crippen molar-refractivity contribution in [2.75, 3.05) is 12.4 Å². The van der Waals surface area contributed by atoms with Crippen LogP contribution in [0.25, 0.3) is 11.0 Å². The first-order valence-electron chi connectivity index (χ1n) is 7.53. The molecule has 0 atom stereocenters. The highest BCUT2D eigenvalue weighted by molar-refractivity contribution is 7.99. The van der Waals surface area contributed by atoms with E-state index in [1.165, 1.54) is 5.52 Å². The summed E-state index contributed by atoms with van der Waals surface area (Å²) >= 11 is 1.70. The SMILES string of the molecule is CCn1c(SCCOc2ccc(C#N)cc2)nc2ccccc21. The molecule has 3 aromatic rings. The monoisotopic (exact) mass is 323 g/mol. The Morgan fingerprint density at radius 2 is 1.96 bits per heavy atom. The van der Waals surface area contributed by atoms with Gasteiger partial charge in [-0.05, 0) is 43.3 Å². The van der Waals surface area contributed by atoms with Gasteiger partial charge in [0.25, 0.3) is 0 Å². The van der Waals surface area contributed by atoms with Gasteiger partial charge in [-0.25, -0.2) is 4.98 Å². The topological polar surface area (TPSA) is 50.8 Å². The number of hydrogen-bond donors (Lipinski definition) is 0. The van der Waals surface area contributed by atoms with Gasteiger partial charge in [0.1, 0.15) is 5.75 Å². The highest BCUT2D eigenvalue weighted by atomic mass is 32.2. The first-order valence-corrected chi connectivity index (χ1v) is 8.51. The number of rotatable bonds is 6. The van der Waals surface area contributed by atoms with Gasteiger partial charge in [0.05, 0.1) is 29.3 Å². The van der Waals surface area contributed by atoms with Gasteiger partial charge in [0, 0.05) is 12.3 Å². The fraction of sp³-hybridized carbons (Fsp3) is 0.222. The van der Waals surface area contributed by atoms with E-state index < -0.39 is 0 Å². The maximum atomic E-state index is 8.77. The molecule has 23 heavy (non-hydrogen) atoms. The summed E-state index contributed by atoms with van der Waals surface area (Å²) < 4.78 is 7.93. The third-order valence-electron chi connectivity index (χ3n) is 3.50. The number of thioether (sulfide) groups is 1. The summed E-state index contributed by atoms with van der Waals surface area (Å²) in [5.74, 6) is 1.61. The van der Waals surface area contributed by atoms with Crippen molar-refractivity contribution in [2.45, 2.75) is 18.6 Å². The van der Waals surface area contributed by atoms with Crippen molar-refractivity contribution in [2.24, 2.45) is 0 Å². The maximum absolute atomic E-state index is 8.77. The number of hydrogen-bond acceptors (Lipinski definition) is 4. The lowest BCUT2D eigenvalue weighted by Crippen LogP contribution is -2.02. The molecule has 0 aliphatic rings. The molecule has 2 aromatic carbocycles. The fourth-order valence-corrected chi connectivity index (χ4v) is 3.28. The largest absolute Gasteiger partial charge is 0.493 e. The number of ether oxygens (including phenoxy) is 1. The summed E-state index contributed by atoms with van der Waals surface area (Å²) in [5, 5.41) is 9.80. The van der Waals surface area contributed by atoms with Crippen LogP contribution in [0.3, 0.4) is 0 Å². The maximum Gasteiger partial charge on any atom is 0.169 e. The average Bonchev–Trinajstić information content (AvgIpc) is 2.96. The van der Waals surface area contributed by atoms with Crippen LogP contribution in [0.2, 0.25) is 0 Å². The zero-order valence-electron chi connectivity index (χ0n) is 12.9. The van der Waals surface area contributed by atoms with Crippen LogP contribution in [-0.2, 0) is 6.54 Å². The minimum atomic E-state index is 0.601. The zero-order valence-corrected chi connectivity index (χ0v) is 13.7. The van der Waals surface area contributed by atoms with Crippen molar-refractivity contribution in [3.63, 3.8) is 0 Å². The first kappa shape index (κ1) is 15.4. The molecule has 1 heterocycles. The van der Waals surface area contributed by atoms with Crippen molar-refractivity contribution < 1.29 is 4.74 Å². The molecule has 1 aromatic heterocycles. The Hall–Kier alpha value is -2.45. The van der Waals surface area contributed by atoms with Crippen LogP contribution in [0, 0.1) is 11.3 Å². The number of aryl methyl sites for hydroxylation is 1. The van der Waals surface area contributed by atoms with Gasteiger partial charge in [-0.1, -0.05) is 23.9 Å². The van der Waals surface area contributed by atoms with Gasteiger partial charge in [-0.15, -0.1) is 0 Å². The Bertz CT molecular complexity index is 834.